The van der Waals surface area contributed by atoms with Crippen molar-refractivity contribution >= 4 is 22.6 Å². The molecule has 2 N–H and O–H groups in total. The van der Waals surface area contributed by atoms with Crippen molar-refractivity contribution in [2.45, 2.75) is 109 Å². The summed E-state index contributed by atoms with van der Waals surface area (Å²) in [4.78, 5) is 11.9. The first-order valence-corrected chi connectivity index (χ1v) is 16.4. The van der Waals surface area contributed by atoms with Crippen molar-refractivity contribution < 1.29 is 14.3 Å². The van der Waals surface area contributed by atoms with Crippen molar-refractivity contribution in [2.24, 2.45) is 0 Å². The Morgan fingerprint density at radius 1 is 0.956 bits per heavy atom. The van der Waals surface area contributed by atoms with Gasteiger partial charge in [0.15, 0.2) is 5.78 Å². The van der Waals surface area contributed by atoms with E-state index in [2.05, 4.69) is 60.9 Å². The molecule has 2 aromatic carbocycles. The Morgan fingerprint density at radius 3 is 2.22 bits per heavy atom. The van der Waals surface area contributed by atoms with Gasteiger partial charge in [0, 0.05) is 48.8 Å². The number of Topliss-reactive ketones (excluding diaryl/α,β-unsaturated/α-hetero) is 1. The number of ketones is 1. The summed E-state index contributed by atoms with van der Waals surface area (Å²) >= 11 is 0. The third kappa shape index (κ3) is 9.23. The molecular weight excluding hydrogens is 556 g/mol. The Kier molecular flexibility index (Phi) is 16.7. The number of dihydropyridines is 1. The van der Waals surface area contributed by atoms with E-state index in [1.165, 1.54) is 44.7 Å². The highest BCUT2D eigenvalue weighted by molar-refractivity contribution is 5.96. The summed E-state index contributed by atoms with van der Waals surface area (Å²) in [5, 5.41) is 6.93. The van der Waals surface area contributed by atoms with E-state index in [0.29, 0.717) is 0 Å². The van der Waals surface area contributed by atoms with Gasteiger partial charge in [-0.1, -0.05) is 81.5 Å². The van der Waals surface area contributed by atoms with Crippen LogP contribution in [0.4, 0.5) is 0 Å². The van der Waals surface area contributed by atoms with Gasteiger partial charge in [-0.2, -0.15) is 0 Å². The Morgan fingerprint density at radius 2 is 1.62 bits per heavy atom. The topological polar surface area (TPSA) is 69.5 Å². The number of rotatable bonds is 7. The molecule has 3 aliphatic heterocycles. The first-order chi connectivity index (χ1) is 21.0. The SMILES string of the molecule is C.C.CC.CC.CC.CCc1cc(C(C)=O)ccc1C1=CC2=C(C1)C(c1ccc(OC3CCOCC3)c(C3=CN3)c1)=C(C)CN2. The smallest absolute Gasteiger partial charge is 0.159 e. The van der Waals surface area contributed by atoms with E-state index < -0.39 is 0 Å². The minimum absolute atomic E-state index is 0. The molecule has 1 aliphatic carbocycles. The van der Waals surface area contributed by atoms with Crippen LogP contribution in [0, 0.1) is 0 Å². The molecule has 0 bridgehead atoms. The number of carbonyl (C=O) groups is 1. The molecule has 248 valence electrons. The number of hydrogen-bond donors (Lipinski definition) is 2. The zero-order valence-corrected chi connectivity index (χ0v) is 27.9. The lowest BCUT2D eigenvalue weighted by atomic mass is 9.87. The van der Waals surface area contributed by atoms with Crippen LogP contribution in [-0.2, 0) is 11.2 Å². The molecule has 5 heteroatoms. The first kappa shape index (κ1) is 39.5. The van der Waals surface area contributed by atoms with Crippen molar-refractivity contribution in [3.8, 4) is 5.75 Å². The highest BCUT2D eigenvalue weighted by Gasteiger charge is 2.28. The lowest BCUT2D eigenvalue weighted by Gasteiger charge is -2.26. The maximum absolute atomic E-state index is 11.9. The van der Waals surface area contributed by atoms with E-state index in [-0.39, 0.29) is 26.7 Å². The quantitative estimate of drug-likeness (QED) is 0.303. The van der Waals surface area contributed by atoms with Crippen molar-refractivity contribution in [1.82, 2.24) is 10.6 Å². The molecule has 0 unspecified atom stereocenters. The molecule has 0 aromatic heterocycles. The number of aryl methyl sites for hydroxylation is 1. The molecule has 0 saturated carbocycles. The average Bonchev–Trinajstić information content (AvgIpc) is 3.82. The largest absolute Gasteiger partial charge is 0.490 e. The van der Waals surface area contributed by atoms with Crippen LogP contribution in [0.5, 0.6) is 5.75 Å². The zero-order valence-electron chi connectivity index (χ0n) is 27.9. The summed E-state index contributed by atoms with van der Waals surface area (Å²) in [6.45, 7) is 20.4. The van der Waals surface area contributed by atoms with Crippen molar-refractivity contribution in [2.75, 3.05) is 19.8 Å². The number of allylic oxidation sites excluding steroid dienone is 4. The first-order valence-electron chi connectivity index (χ1n) is 16.4. The van der Waals surface area contributed by atoms with Gasteiger partial charge in [-0.3, -0.25) is 4.79 Å². The van der Waals surface area contributed by atoms with Crippen LogP contribution < -0.4 is 15.4 Å². The van der Waals surface area contributed by atoms with Gasteiger partial charge in [-0.15, -0.1) is 0 Å². The Hall–Kier alpha value is -3.57. The second kappa shape index (κ2) is 19.1. The van der Waals surface area contributed by atoms with Crippen molar-refractivity contribution in [3.63, 3.8) is 0 Å². The fourth-order valence-electron chi connectivity index (χ4n) is 5.73. The van der Waals surface area contributed by atoms with Gasteiger partial charge < -0.3 is 20.1 Å². The van der Waals surface area contributed by atoms with Gasteiger partial charge in [-0.25, -0.2) is 0 Å². The third-order valence-corrected chi connectivity index (χ3v) is 7.83. The maximum atomic E-state index is 11.9. The molecule has 1 fully saturated rings. The fraction of sp³-hybridized carbons (Fsp3) is 0.475. The van der Waals surface area contributed by atoms with Gasteiger partial charge in [-0.05, 0) is 83.5 Å². The van der Waals surface area contributed by atoms with Crippen LogP contribution in [0.3, 0.4) is 0 Å². The highest BCUT2D eigenvalue weighted by atomic mass is 16.5. The lowest BCUT2D eigenvalue weighted by molar-refractivity contribution is 0.0254. The predicted molar refractivity (Wildman–Crippen MR) is 196 cm³/mol. The average molecular weight is 617 g/mol. The summed E-state index contributed by atoms with van der Waals surface area (Å²) in [6.07, 6.45) is 8.18. The molecule has 45 heavy (non-hydrogen) atoms. The second-order valence-corrected chi connectivity index (χ2v) is 10.4. The Labute approximate surface area is 274 Å². The van der Waals surface area contributed by atoms with Crippen LogP contribution in [-0.4, -0.2) is 31.6 Å². The van der Waals surface area contributed by atoms with E-state index in [0.717, 1.165) is 68.0 Å². The summed E-state index contributed by atoms with van der Waals surface area (Å²) in [5.74, 6) is 1.05. The van der Waals surface area contributed by atoms with Crippen molar-refractivity contribution in [1.29, 1.82) is 0 Å². The molecule has 0 atom stereocenters. The monoisotopic (exact) mass is 616 g/mol. The summed E-state index contributed by atoms with van der Waals surface area (Å²) in [7, 11) is 0. The Bertz CT molecular complexity index is 1400. The third-order valence-electron chi connectivity index (χ3n) is 7.83. The van der Waals surface area contributed by atoms with Gasteiger partial charge in [0.2, 0.25) is 0 Å². The van der Waals surface area contributed by atoms with Gasteiger partial charge in [0.05, 0.1) is 18.9 Å². The van der Waals surface area contributed by atoms with Crippen molar-refractivity contribution in [3.05, 3.63) is 93.3 Å². The lowest BCUT2D eigenvalue weighted by Crippen LogP contribution is -2.26. The summed E-state index contributed by atoms with van der Waals surface area (Å²) in [5.41, 5.74) is 13.3. The number of ether oxygens (including phenoxy) is 2. The van der Waals surface area contributed by atoms with E-state index in [1.54, 1.807) is 6.92 Å². The Balaban J connectivity index is 0.00000120. The molecule has 0 radical (unpaired) electrons. The van der Waals surface area contributed by atoms with E-state index in [4.69, 9.17) is 9.47 Å². The molecule has 0 amide bonds. The summed E-state index contributed by atoms with van der Waals surface area (Å²) < 4.78 is 11.9. The maximum Gasteiger partial charge on any atom is 0.159 e. The minimum atomic E-state index is 0. The minimum Gasteiger partial charge on any atom is -0.490 e. The molecule has 6 rings (SSSR count). The van der Waals surface area contributed by atoms with Crippen LogP contribution in [0.1, 0.15) is 129 Å². The molecule has 4 aliphatic rings. The summed E-state index contributed by atoms with van der Waals surface area (Å²) in [6, 6.07) is 12.8. The second-order valence-electron chi connectivity index (χ2n) is 10.4. The fourth-order valence-corrected chi connectivity index (χ4v) is 5.73. The number of carbonyl (C=O) groups excluding carboxylic acids is 1. The van der Waals surface area contributed by atoms with E-state index in [9.17, 15) is 4.79 Å². The molecular formula is C40H60N2O3. The number of nitrogens with one attached hydrogen (secondary N) is 2. The van der Waals surface area contributed by atoms with Crippen LogP contribution in [0.2, 0.25) is 0 Å². The van der Waals surface area contributed by atoms with Crippen LogP contribution >= 0.6 is 0 Å². The van der Waals surface area contributed by atoms with Gasteiger partial charge in [0.1, 0.15) is 11.9 Å². The standard InChI is InChI=1S/C32H34N2O3.3C2H6.2CH4/c1-4-21-13-22(20(3)35)5-7-26(21)24-15-28-29(16-24)33-17-19(2)32(28)23-6-8-31(27(14-23)30-18-34-30)37-25-9-11-36-12-10-25;3*1-2;;/h5-8,13-14,16,18,25,33-34H,4,9-12,15,17H2,1-3H3;3*1-2H3;2*1H4. The molecule has 2 aromatic rings. The number of hydrogen-bond acceptors (Lipinski definition) is 5. The zero-order chi connectivity index (χ0) is 31.5. The van der Waals surface area contributed by atoms with Gasteiger partial charge in [0.25, 0.3) is 0 Å². The van der Waals surface area contributed by atoms with E-state index >= 15 is 0 Å². The number of benzene rings is 2. The molecule has 0 spiro atoms. The van der Waals surface area contributed by atoms with E-state index in [1.807, 2.05) is 53.8 Å². The molecule has 3 heterocycles. The van der Waals surface area contributed by atoms with Gasteiger partial charge >= 0.3 is 0 Å². The molecule has 1 saturated heterocycles. The van der Waals surface area contributed by atoms with Crippen LogP contribution in [0.25, 0.3) is 16.8 Å². The highest BCUT2D eigenvalue weighted by Crippen LogP contribution is 2.44. The normalized spacial score (nSPS) is 16.1. The molecule has 5 nitrogen and oxygen atoms in total. The van der Waals surface area contributed by atoms with Crippen LogP contribution in [0.15, 0.2) is 65.5 Å². The predicted octanol–water partition coefficient (Wildman–Crippen LogP) is 10.4.